The van der Waals surface area contributed by atoms with Crippen LogP contribution in [0.1, 0.15) is 11.6 Å². The maximum atomic E-state index is 13.1. The Morgan fingerprint density at radius 3 is 2.54 bits per heavy atom. The summed E-state index contributed by atoms with van der Waals surface area (Å²) in [5, 5.41) is 8.81. The number of aromatic nitrogens is 3. The van der Waals surface area contributed by atoms with E-state index in [2.05, 4.69) is 24.6 Å². The van der Waals surface area contributed by atoms with Gasteiger partial charge in [-0.1, -0.05) is 0 Å². The van der Waals surface area contributed by atoms with Gasteiger partial charge in [-0.25, -0.2) is 4.39 Å². The van der Waals surface area contributed by atoms with Gasteiger partial charge in [0, 0.05) is 56.3 Å². The summed E-state index contributed by atoms with van der Waals surface area (Å²) in [6, 6.07) is 6.79. The molecular formula is C17H22FN5S. The Balaban J connectivity index is 1.37. The predicted octanol–water partition coefficient (Wildman–Crippen LogP) is 2.03. The molecule has 1 saturated heterocycles. The molecular weight excluding hydrogens is 325 g/mol. The smallest absolute Gasteiger partial charge is 0.147 e. The Kier molecular flexibility index (Phi) is 4.71. The van der Waals surface area contributed by atoms with Crippen molar-refractivity contribution in [3.05, 3.63) is 41.7 Å². The Morgan fingerprint density at radius 1 is 0.958 bits per heavy atom. The van der Waals surface area contributed by atoms with E-state index >= 15 is 0 Å². The zero-order valence-corrected chi connectivity index (χ0v) is 14.5. The molecule has 128 valence electrons. The molecule has 2 aliphatic heterocycles. The lowest BCUT2D eigenvalue weighted by Crippen LogP contribution is -2.46. The summed E-state index contributed by atoms with van der Waals surface area (Å²) in [5.74, 6) is 4.36. The van der Waals surface area contributed by atoms with Crippen LogP contribution in [0.5, 0.6) is 0 Å². The molecule has 0 N–H and O–H groups in total. The molecule has 1 aromatic carbocycles. The van der Waals surface area contributed by atoms with Gasteiger partial charge in [0.2, 0.25) is 0 Å². The van der Waals surface area contributed by atoms with Gasteiger partial charge in [-0.2, -0.15) is 11.8 Å². The van der Waals surface area contributed by atoms with Crippen molar-refractivity contribution in [1.82, 2.24) is 19.7 Å². The van der Waals surface area contributed by atoms with Crippen molar-refractivity contribution in [2.45, 2.75) is 19.5 Å². The first-order chi connectivity index (χ1) is 11.8. The van der Waals surface area contributed by atoms with E-state index in [1.54, 1.807) is 0 Å². The molecule has 0 atom stereocenters. The van der Waals surface area contributed by atoms with Gasteiger partial charge >= 0.3 is 0 Å². The average Bonchev–Trinajstić information content (AvgIpc) is 2.83. The Bertz CT molecular complexity index is 679. The molecule has 2 aliphatic rings. The van der Waals surface area contributed by atoms with Gasteiger partial charge in [0.05, 0.1) is 6.54 Å². The van der Waals surface area contributed by atoms with Crippen molar-refractivity contribution in [1.29, 1.82) is 0 Å². The van der Waals surface area contributed by atoms with Crippen molar-refractivity contribution in [2.75, 3.05) is 42.6 Å². The molecule has 0 saturated carbocycles. The highest BCUT2D eigenvalue weighted by molar-refractivity contribution is 7.99. The molecule has 3 heterocycles. The number of piperazine rings is 1. The summed E-state index contributed by atoms with van der Waals surface area (Å²) >= 11 is 2.00. The maximum Gasteiger partial charge on any atom is 0.147 e. The highest BCUT2D eigenvalue weighted by atomic mass is 32.2. The van der Waals surface area contributed by atoms with Crippen LogP contribution in [0.25, 0.3) is 0 Å². The largest absolute Gasteiger partial charge is 0.369 e. The monoisotopic (exact) mass is 347 g/mol. The second-order valence-electron chi connectivity index (χ2n) is 6.29. The van der Waals surface area contributed by atoms with E-state index in [9.17, 15) is 4.39 Å². The molecule has 0 unspecified atom stereocenters. The Morgan fingerprint density at radius 2 is 1.75 bits per heavy atom. The van der Waals surface area contributed by atoms with Gasteiger partial charge < -0.3 is 9.47 Å². The first-order valence-corrected chi connectivity index (χ1v) is 9.66. The molecule has 0 aliphatic carbocycles. The first kappa shape index (κ1) is 15.9. The molecule has 0 amide bonds. The number of rotatable bonds is 3. The number of nitrogens with zero attached hydrogens (tertiary/aromatic N) is 5. The van der Waals surface area contributed by atoms with Crippen LogP contribution in [0.15, 0.2) is 24.3 Å². The van der Waals surface area contributed by atoms with Crippen molar-refractivity contribution in [3.8, 4) is 0 Å². The van der Waals surface area contributed by atoms with Crippen LogP contribution in [0.4, 0.5) is 10.1 Å². The standard InChI is InChI=1S/C17H22FN5S/c18-14-1-3-15(4-2-14)22-8-6-21(7-9-22)13-17-20-19-16-5-11-24-12-10-23(16)17/h1-4H,5-13H2. The summed E-state index contributed by atoms with van der Waals surface area (Å²) < 4.78 is 15.4. The van der Waals surface area contributed by atoms with Gasteiger partial charge in [0.1, 0.15) is 17.5 Å². The minimum Gasteiger partial charge on any atom is -0.369 e. The van der Waals surface area contributed by atoms with E-state index in [4.69, 9.17) is 0 Å². The fourth-order valence-electron chi connectivity index (χ4n) is 3.37. The normalized spacial score (nSPS) is 19.1. The molecule has 0 radical (unpaired) electrons. The van der Waals surface area contributed by atoms with E-state index in [1.165, 1.54) is 12.1 Å². The average molecular weight is 347 g/mol. The fourth-order valence-corrected chi connectivity index (χ4v) is 4.21. The van der Waals surface area contributed by atoms with Crippen LogP contribution in [0.2, 0.25) is 0 Å². The van der Waals surface area contributed by atoms with E-state index in [-0.39, 0.29) is 5.82 Å². The Labute approximate surface area is 145 Å². The second kappa shape index (κ2) is 7.11. The zero-order chi connectivity index (χ0) is 16.4. The number of halogens is 1. The zero-order valence-electron chi connectivity index (χ0n) is 13.7. The molecule has 1 aromatic heterocycles. The number of hydrogen-bond donors (Lipinski definition) is 0. The third-order valence-electron chi connectivity index (χ3n) is 4.76. The second-order valence-corrected chi connectivity index (χ2v) is 7.51. The number of benzene rings is 1. The quantitative estimate of drug-likeness (QED) is 0.849. The molecule has 1 fully saturated rings. The summed E-state index contributed by atoms with van der Waals surface area (Å²) in [5.41, 5.74) is 1.10. The van der Waals surface area contributed by atoms with Gasteiger partial charge in [0.15, 0.2) is 0 Å². The number of hydrogen-bond acceptors (Lipinski definition) is 5. The number of aryl methyl sites for hydroxylation is 1. The Hall–Kier alpha value is -1.60. The van der Waals surface area contributed by atoms with Gasteiger partial charge in [-0.15, -0.1) is 10.2 Å². The lowest BCUT2D eigenvalue weighted by Gasteiger charge is -2.35. The number of fused-ring (bicyclic) bond motifs is 1. The van der Waals surface area contributed by atoms with Crippen LogP contribution in [0.3, 0.4) is 0 Å². The van der Waals surface area contributed by atoms with Crippen molar-refractivity contribution in [3.63, 3.8) is 0 Å². The summed E-state index contributed by atoms with van der Waals surface area (Å²) in [6.07, 6.45) is 1.02. The van der Waals surface area contributed by atoms with Crippen LogP contribution in [-0.4, -0.2) is 57.3 Å². The highest BCUT2D eigenvalue weighted by Crippen LogP contribution is 2.19. The molecule has 4 rings (SSSR count). The topological polar surface area (TPSA) is 37.2 Å². The van der Waals surface area contributed by atoms with Crippen LogP contribution < -0.4 is 4.90 Å². The maximum absolute atomic E-state index is 13.1. The number of anilines is 1. The third kappa shape index (κ3) is 3.42. The molecule has 0 bridgehead atoms. The van der Waals surface area contributed by atoms with E-state index < -0.39 is 0 Å². The van der Waals surface area contributed by atoms with Crippen LogP contribution >= 0.6 is 11.8 Å². The molecule has 5 nitrogen and oxygen atoms in total. The molecule has 0 spiro atoms. The lowest BCUT2D eigenvalue weighted by molar-refractivity contribution is 0.240. The lowest BCUT2D eigenvalue weighted by atomic mass is 10.2. The first-order valence-electron chi connectivity index (χ1n) is 8.51. The minimum absolute atomic E-state index is 0.178. The third-order valence-corrected chi connectivity index (χ3v) is 5.73. The SMILES string of the molecule is Fc1ccc(N2CCN(Cc3nnc4n3CCSCC4)CC2)cc1. The van der Waals surface area contributed by atoms with Crippen LogP contribution in [0, 0.1) is 5.82 Å². The fraction of sp³-hybridized carbons (Fsp3) is 0.529. The predicted molar refractivity (Wildman–Crippen MR) is 94.9 cm³/mol. The summed E-state index contributed by atoms with van der Waals surface area (Å²) in [4.78, 5) is 4.76. The van der Waals surface area contributed by atoms with Gasteiger partial charge in [-0.3, -0.25) is 4.90 Å². The molecule has 7 heteroatoms. The molecule has 2 aromatic rings. The highest BCUT2D eigenvalue weighted by Gasteiger charge is 2.21. The summed E-state index contributed by atoms with van der Waals surface area (Å²) in [6.45, 7) is 5.81. The van der Waals surface area contributed by atoms with E-state index in [0.717, 1.165) is 74.5 Å². The van der Waals surface area contributed by atoms with E-state index in [1.807, 2.05) is 23.9 Å². The van der Waals surface area contributed by atoms with Crippen molar-refractivity contribution >= 4 is 17.4 Å². The van der Waals surface area contributed by atoms with Crippen LogP contribution in [-0.2, 0) is 19.5 Å². The molecule has 24 heavy (non-hydrogen) atoms. The van der Waals surface area contributed by atoms with Gasteiger partial charge in [0.25, 0.3) is 0 Å². The van der Waals surface area contributed by atoms with E-state index in [0.29, 0.717) is 0 Å². The number of thioether (sulfide) groups is 1. The van der Waals surface area contributed by atoms with Gasteiger partial charge in [-0.05, 0) is 24.3 Å². The summed E-state index contributed by atoms with van der Waals surface area (Å²) in [7, 11) is 0. The van der Waals surface area contributed by atoms with Crippen molar-refractivity contribution in [2.24, 2.45) is 0 Å². The minimum atomic E-state index is -0.178. The van der Waals surface area contributed by atoms with Crippen molar-refractivity contribution < 1.29 is 4.39 Å².